The molecule has 36 heavy (non-hydrogen) atoms. The number of pyridine rings is 1. The summed E-state index contributed by atoms with van der Waals surface area (Å²) in [5.41, 5.74) is 3.20. The van der Waals surface area contributed by atoms with Gasteiger partial charge in [0, 0.05) is 24.4 Å². The predicted octanol–water partition coefficient (Wildman–Crippen LogP) is 3.90. The largest absolute Gasteiger partial charge is 0.474 e. The van der Waals surface area contributed by atoms with Gasteiger partial charge in [0.05, 0.1) is 39.6 Å². The lowest BCUT2D eigenvalue weighted by Crippen LogP contribution is -2.26. The highest BCUT2D eigenvalue weighted by atomic mass is 35.5. The zero-order valence-electron chi connectivity index (χ0n) is 19.6. The minimum Gasteiger partial charge on any atom is -0.474 e. The van der Waals surface area contributed by atoms with Crippen molar-refractivity contribution in [2.24, 2.45) is 4.99 Å². The summed E-state index contributed by atoms with van der Waals surface area (Å²) in [6.45, 7) is 4.65. The molecule has 2 aromatic heterocycles. The van der Waals surface area contributed by atoms with Gasteiger partial charge < -0.3 is 10.1 Å². The van der Waals surface area contributed by atoms with Crippen molar-refractivity contribution in [3.05, 3.63) is 59.0 Å². The monoisotopic (exact) mass is 523 g/mol. The normalized spacial score (nSPS) is 17.8. The number of sulfonamides is 1. The number of nitriles is 1. The number of rotatable bonds is 5. The van der Waals surface area contributed by atoms with Gasteiger partial charge in [0.1, 0.15) is 12.7 Å². The van der Waals surface area contributed by atoms with Crippen LogP contribution in [0.4, 0.5) is 17.1 Å². The first-order valence-electron chi connectivity index (χ1n) is 11.2. The molecule has 0 bridgehead atoms. The Kier molecular flexibility index (Phi) is 6.02. The Morgan fingerprint density at radius 3 is 2.64 bits per heavy atom. The van der Waals surface area contributed by atoms with Crippen molar-refractivity contribution in [3.63, 3.8) is 0 Å². The number of hydrogen-bond acceptors (Lipinski definition) is 9. The third kappa shape index (κ3) is 4.69. The zero-order chi connectivity index (χ0) is 25.5. The Labute approximate surface area is 213 Å². The molecule has 1 saturated heterocycles. The number of anilines is 3. The van der Waals surface area contributed by atoms with Crippen LogP contribution in [-0.2, 0) is 14.8 Å². The van der Waals surface area contributed by atoms with Crippen LogP contribution in [0.3, 0.4) is 0 Å². The van der Waals surface area contributed by atoms with Gasteiger partial charge in [0.2, 0.25) is 15.9 Å². The van der Waals surface area contributed by atoms with Crippen LogP contribution >= 0.6 is 11.6 Å². The van der Waals surface area contributed by atoms with Crippen LogP contribution in [0.2, 0.25) is 5.15 Å². The smallest absolute Gasteiger partial charge is 0.240 e. The molecule has 0 amide bonds. The lowest BCUT2D eigenvalue weighted by atomic mass is 10.1. The van der Waals surface area contributed by atoms with E-state index in [2.05, 4.69) is 25.5 Å². The Hall–Kier alpha value is -3.75. The minimum absolute atomic E-state index is 0.0689. The van der Waals surface area contributed by atoms with Crippen molar-refractivity contribution in [3.8, 4) is 17.3 Å². The number of nitrogens with one attached hydrogen (secondary N) is 1. The van der Waals surface area contributed by atoms with E-state index in [4.69, 9.17) is 21.6 Å². The maximum absolute atomic E-state index is 12.9. The van der Waals surface area contributed by atoms with Crippen LogP contribution in [0.1, 0.15) is 31.5 Å². The SMILES string of the molecule is CC1(C)COC(c2nnc(Cl)cc2Nc2ccc(-c3ccc(C#N)cn3)cc2N2CCCS2(=O)=O)=N1. The van der Waals surface area contributed by atoms with Crippen LogP contribution in [0.25, 0.3) is 11.3 Å². The molecule has 0 radical (unpaired) electrons. The molecule has 0 spiro atoms. The number of halogens is 1. The third-order valence-corrected chi connectivity index (χ3v) is 7.80. The molecule has 12 heteroatoms. The van der Waals surface area contributed by atoms with Gasteiger partial charge >= 0.3 is 0 Å². The van der Waals surface area contributed by atoms with Crippen molar-refractivity contribution in [2.45, 2.75) is 25.8 Å². The van der Waals surface area contributed by atoms with E-state index in [0.29, 0.717) is 65.0 Å². The Morgan fingerprint density at radius 2 is 2.00 bits per heavy atom. The summed E-state index contributed by atoms with van der Waals surface area (Å²) in [7, 11) is -3.49. The lowest BCUT2D eigenvalue weighted by Gasteiger charge is -2.23. The van der Waals surface area contributed by atoms with Crippen molar-refractivity contribution in [1.82, 2.24) is 15.2 Å². The number of benzene rings is 1. The van der Waals surface area contributed by atoms with Crippen LogP contribution in [0, 0.1) is 11.3 Å². The van der Waals surface area contributed by atoms with E-state index in [0.717, 1.165) is 0 Å². The quantitative estimate of drug-likeness (QED) is 0.532. The van der Waals surface area contributed by atoms with E-state index in [1.165, 1.54) is 10.5 Å². The third-order valence-electron chi connectivity index (χ3n) is 5.76. The Morgan fingerprint density at radius 1 is 1.17 bits per heavy atom. The summed E-state index contributed by atoms with van der Waals surface area (Å²) < 4.78 is 32.9. The fourth-order valence-electron chi connectivity index (χ4n) is 4.02. The van der Waals surface area contributed by atoms with Gasteiger partial charge in [0.15, 0.2) is 10.8 Å². The van der Waals surface area contributed by atoms with Crippen LogP contribution in [0.5, 0.6) is 0 Å². The van der Waals surface area contributed by atoms with Gasteiger partial charge in [-0.25, -0.2) is 13.4 Å². The summed E-state index contributed by atoms with van der Waals surface area (Å²) in [4.78, 5) is 8.94. The highest BCUT2D eigenvalue weighted by Gasteiger charge is 2.32. The highest BCUT2D eigenvalue weighted by molar-refractivity contribution is 7.93. The number of aromatic nitrogens is 3. The molecule has 5 rings (SSSR count). The summed E-state index contributed by atoms with van der Waals surface area (Å²) in [6, 6.07) is 12.4. The van der Waals surface area contributed by atoms with Gasteiger partial charge in [-0.05, 0) is 44.5 Å². The number of aliphatic imine (C=N–C) groups is 1. The molecular formula is C24H22ClN7O3S. The molecule has 2 aliphatic heterocycles. The van der Waals surface area contributed by atoms with Gasteiger partial charge in [-0.1, -0.05) is 17.7 Å². The molecule has 0 atom stereocenters. The lowest BCUT2D eigenvalue weighted by molar-refractivity contribution is 0.279. The van der Waals surface area contributed by atoms with Crippen molar-refractivity contribution >= 4 is 44.6 Å². The fourth-order valence-corrected chi connectivity index (χ4v) is 5.74. The molecule has 184 valence electrons. The fraction of sp³-hybridized carbons (Fsp3) is 0.292. The van der Waals surface area contributed by atoms with Gasteiger partial charge in [-0.2, -0.15) is 5.26 Å². The van der Waals surface area contributed by atoms with E-state index >= 15 is 0 Å². The van der Waals surface area contributed by atoms with Crippen molar-refractivity contribution in [1.29, 1.82) is 5.26 Å². The molecule has 3 aromatic rings. The minimum atomic E-state index is -3.49. The highest BCUT2D eigenvalue weighted by Crippen LogP contribution is 2.38. The second kappa shape index (κ2) is 9.04. The van der Waals surface area contributed by atoms with Crippen molar-refractivity contribution in [2.75, 3.05) is 28.5 Å². The second-order valence-electron chi connectivity index (χ2n) is 9.09. The Balaban J connectivity index is 1.60. The first-order chi connectivity index (χ1) is 17.1. The molecule has 0 unspecified atom stereocenters. The first kappa shape index (κ1) is 24.0. The number of ether oxygens (including phenoxy) is 1. The van der Waals surface area contributed by atoms with Gasteiger partial charge in [0.25, 0.3) is 0 Å². The van der Waals surface area contributed by atoms with Gasteiger partial charge in [-0.3, -0.25) is 9.29 Å². The Bertz CT molecular complexity index is 1520. The molecule has 1 fully saturated rings. The van der Waals surface area contributed by atoms with Crippen LogP contribution < -0.4 is 9.62 Å². The number of hydrogen-bond donors (Lipinski definition) is 1. The van der Waals surface area contributed by atoms with Gasteiger partial charge in [-0.15, -0.1) is 10.2 Å². The molecular weight excluding hydrogens is 502 g/mol. The molecule has 2 aliphatic rings. The maximum atomic E-state index is 12.9. The average molecular weight is 524 g/mol. The van der Waals surface area contributed by atoms with E-state index in [1.807, 2.05) is 26.0 Å². The second-order valence-corrected chi connectivity index (χ2v) is 11.5. The van der Waals surface area contributed by atoms with E-state index < -0.39 is 15.6 Å². The molecule has 0 saturated carbocycles. The predicted molar refractivity (Wildman–Crippen MR) is 137 cm³/mol. The standard InChI is InChI=1S/C24H22ClN7O3S/c1-24(2)14-35-23(29-24)22-19(11-21(25)30-31-22)28-18-7-5-16(17-6-4-15(12-26)13-27-17)10-20(18)32-8-3-9-36(32,33)34/h4-7,10-11,13H,3,8-9,14H2,1-2H3,(H,28,30). The van der Waals surface area contributed by atoms with Crippen LogP contribution in [-0.4, -0.2) is 53.9 Å². The molecule has 1 aromatic carbocycles. The van der Waals surface area contributed by atoms with Crippen LogP contribution in [0.15, 0.2) is 47.6 Å². The van der Waals surface area contributed by atoms with E-state index in [9.17, 15) is 8.42 Å². The molecule has 0 aliphatic carbocycles. The van der Waals surface area contributed by atoms with Crippen molar-refractivity contribution < 1.29 is 13.2 Å². The summed E-state index contributed by atoms with van der Waals surface area (Å²) >= 11 is 6.16. The zero-order valence-corrected chi connectivity index (χ0v) is 21.1. The summed E-state index contributed by atoms with van der Waals surface area (Å²) in [5, 5.41) is 20.6. The molecule has 1 N–H and O–H groups in total. The summed E-state index contributed by atoms with van der Waals surface area (Å²) in [5.74, 6) is 0.403. The average Bonchev–Trinajstić information content (AvgIpc) is 3.39. The summed E-state index contributed by atoms with van der Waals surface area (Å²) in [6.07, 6.45) is 2.00. The molecule has 4 heterocycles. The molecule has 10 nitrogen and oxygen atoms in total. The first-order valence-corrected chi connectivity index (χ1v) is 13.2. The van der Waals surface area contributed by atoms with E-state index in [1.54, 1.807) is 30.3 Å². The topological polar surface area (TPSA) is 133 Å². The maximum Gasteiger partial charge on any atom is 0.240 e. The van der Waals surface area contributed by atoms with E-state index in [-0.39, 0.29) is 10.9 Å². The number of nitrogens with zero attached hydrogens (tertiary/aromatic N) is 6.